The van der Waals surface area contributed by atoms with Gasteiger partial charge in [0.25, 0.3) is 5.91 Å². The molecule has 124 valence electrons. The van der Waals surface area contributed by atoms with Crippen LogP contribution in [0.2, 0.25) is 5.02 Å². The number of nitrogens with one attached hydrogen (secondary N) is 1. The first-order valence-corrected chi connectivity index (χ1v) is 9.16. The van der Waals surface area contributed by atoms with E-state index in [4.69, 9.17) is 16.3 Å². The minimum absolute atomic E-state index is 0.0695. The van der Waals surface area contributed by atoms with Gasteiger partial charge in [-0.25, -0.2) is 4.98 Å². The largest absolute Gasteiger partial charge is 0.483 e. The molecular formula is C17H14BrClN2O2S. The van der Waals surface area contributed by atoms with Crippen LogP contribution in [0.15, 0.2) is 34.8 Å². The van der Waals surface area contributed by atoms with Crippen LogP contribution in [0.25, 0.3) is 10.2 Å². The summed E-state index contributed by atoms with van der Waals surface area (Å²) in [5.41, 5.74) is 2.76. The van der Waals surface area contributed by atoms with E-state index in [1.54, 1.807) is 6.07 Å². The minimum atomic E-state index is -0.248. The molecule has 0 fully saturated rings. The number of benzene rings is 2. The number of aryl methyl sites for hydroxylation is 2. The zero-order valence-corrected chi connectivity index (χ0v) is 16.2. The molecule has 0 spiro atoms. The summed E-state index contributed by atoms with van der Waals surface area (Å²) in [5, 5.41) is 3.94. The number of carbonyl (C=O) groups excluding carboxylic acids is 1. The molecule has 0 aliphatic carbocycles. The molecule has 3 rings (SSSR count). The highest BCUT2D eigenvalue weighted by Gasteiger charge is 2.11. The molecule has 0 saturated carbocycles. The molecule has 0 unspecified atom stereocenters. The van der Waals surface area contributed by atoms with Crippen molar-refractivity contribution in [1.29, 1.82) is 0 Å². The number of halogens is 2. The maximum Gasteiger partial charge on any atom is 0.264 e. The van der Waals surface area contributed by atoms with Gasteiger partial charge in [0.15, 0.2) is 11.7 Å². The Bertz CT molecular complexity index is 903. The van der Waals surface area contributed by atoms with Crippen LogP contribution in [0, 0.1) is 13.8 Å². The lowest BCUT2D eigenvalue weighted by Crippen LogP contribution is -2.20. The van der Waals surface area contributed by atoms with Crippen molar-refractivity contribution in [2.24, 2.45) is 0 Å². The average Bonchev–Trinajstić information content (AvgIpc) is 2.87. The lowest BCUT2D eigenvalue weighted by Gasteiger charge is -2.12. The Hall–Kier alpha value is -1.63. The number of amides is 1. The quantitative estimate of drug-likeness (QED) is 0.613. The van der Waals surface area contributed by atoms with Crippen LogP contribution in [0.1, 0.15) is 11.1 Å². The van der Waals surface area contributed by atoms with E-state index >= 15 is 0 Å². The lowest BCUT2D eigenvalue weighted by atomic mass is 10.1. The number of anilines is 1. The number of thiazole rings is 1. The summed E-state index contributed by atoms with van der Waals surface area (Å²) in [6.45, 7) is 3.82. The molecule has 1 N–H and O–H groups in total. The standard InChI is InChI=1S/C17H14BrClN2O2S/c1-9-5-11(18)6-10(2)16(9)23-8-15(22)21-17-20-13-4-3-12(19)7-14(13)24-17/h3-7H,8H2,1-2H3,(H,20,21,22). The topological polar surface area (TPSA) is 51.2 Å². The fraction of sp³-hybridized carbons (Fsp3) is 0.176. The number of carbonyl (C=O) groups is 1. The molecule has 0 saturated heterocycles. The van der Waals surface area contributed by atoms with Crippen LogP contribution in [0.3, 0.4) is 0 Å². The second-order valence-corrected chi connectivity index (χ2v) is 7.72. The summed E-state index contributed by atoms with van der Waals surface area (Å²) in [4.78, 5) is 16.5. The van der Waals surface area contributed by atoms with Crippen molar-refractivity contribution in [2.75, 3.05) is 11.9 Å². The molecule has 24 heavy (non-hydrogen) atoms. The third kappa shape index (κ3) is 3.88. The minimum Gasteiger partial charge on any atom is -0.483 e. The summed E-state index contributed by atoms with van der Waals surface area (Å²) < 4.78 is 7.59. The first kappa shape index (κ1) is 17.2. The number of ether oxygens (including phenoxy) is 1. The van der Waals surface area contributed by atoms with E-state index in [-0.39, 0.29) is 12.5 Å². The van der Waals surface area contributed by atoms with E-state index in [0.29, 0.717) is 10.2 Å². The zero-order chi connectivity index (χ0) is 17.3. The summed E-state index contributed by atoms with van der Waals surface area (Å²) in [6.07, 6.45) is 0. The van der Waals surface area contributed by atoms with Gasteiger partial charge in [0.2, 0.25) is 0 Å². The Kier molecular flexibility index (Phi) is 5.08. The van der Waals surface area contributed by atoms with Crippen molar-refractivity contribution in [2.45, 2.75) is 13.8 Å². The SMILES string of the molecule is Cc1cc(Br)cc(C)c1OCC(=O)Nc1nc2ccc(Cl)cc2s1. The second-order valence-electron chi connectivity index (χ2n) is 5.34. The summed E-state index contributed by atoms with van der Waals surface area (Å²) >= 11 is 10.8. The maximum atomic E-state index is 12.1. The first-order valence-electron chi connectivity index (χ1n) is 7.18. The molecule has 0 atom stereocenters. The fourth-order valence-electron chi connectivity index (χ4n) is 2.37. The van der Waals surface area contributed by atoms with Crippen molar-refractivity contribution >= 4 is 60.1 Å². The third-order valence-corrected chi connectivity index (χ3v) is 5.00. The van der Waals surface area contributed by atoms with Crippen LogP contribution in [0.4, 0.5) is 5.13 Å². The van der Waals surface area contributed by atoms with Crippen LogP contribution < -0.4 is 10.1 Å². The molecule has 1 amide bonds. The zero-order valence-electron chi connectivity index (χ0n) is 13.0. The molecule has 1 aromatic heterocycles. The highest BCUT2D eigenvalue weighted by molar-refractivity contribution is 9.10. The number of fused-ring (bicyclic) bond motifs is 1. The van der Waals surface area contributed by atoms with Gasteiger partial charge in [0.1, 0.15) is 5.75 Å². The molecule has 0 aliphatic rings. The maximum absolute atomic E-state index is 12.1. The molecule has 3 aromatic rings. The average molecular weight is 426 g/mol. The fourth-order valence-corrected chi connectivity index (χ4v) is 4.21. The van der Waals surface area contributed by atoms with Crippen LogP contribution in [-0.4, -0.2) is 17.5 Å². The first-order chi connectivity index (χ1) is 11.4. The van der Waals surface area contributed by atoms with Gasteiger partial charge in [0.05, 0.1) is 10.2 Å². The van der Waals surface area contributed by atoms with Crippen molar-refractivity contribution < 1.29 is 9.53 Å². The van der Waals surface area contributed by atoms with Crippen LogP contribution in [0.5, 0.6) is 5.75 Å². The molecule has 0 bridgehead atoms. The normalized spacial score (nSPS) is 10.8. The molecule has 1 heterocycles. The highest BCUT2D eigenvalue weighted by Crippen LogP contribution is 2.29. The van der Waals surface area contributed by atoms with Gasteiger partial charge in [0, 0.05) is 9.50 Å². The number of rotatable bonds is 4. The van der Waals surface area contributed by atoms with Gasteiger partial charge in [-0.2, -0.15) is 0 Å². The van der Waals surface area contributed by atoms with Crippen molar-refractivity contribution in [3.8, 4) is 5.75 Å². The van der Waals surface area contributed by atoms with E-state index < -0.39 is 0 Å². The van der Waals surface area contributed by atoms with Crippen molar-refractivity contribution in [1.82, 2.24) is 4.98 Å². The van der Waals surface area contributed by atoms with Gasteiger partial charge in [-0.05, 0) is 55.3 Å². The molecule has 7 heteroatoms. The second kappa shape index (κ2) is 7.09. The Morgan fingerprint density at radius 1 is 1.29 bits per heavy atom. The molecule has 0 aliphatic heterocycles. The van der Waals surface area contributed by atoms with Gasteiger partial charge < -0.3 is 4.74 Å². The Balaban J connectivity index is 1.67. The van der Waals surface area contributed by atoms with Gasteiger partial charge in [-0.3, -0.25) is 10.1 Å². The van der Waals surface area contributed by atoms with Gasteiger partial charge >= 0.3 is 0 Å². The molecular weight excluding hydrogens is 412 g/mol. The number of aromatic nitrogens is 1. The number of hydrogen-bond acceptors (Lipinski definition) is 4. The smallest absolute Gasteiger partial charge is 0.264 e. The van der Waals surface area contributed by atoms with E-state index in [9.17, 15) is 4.79 Å². The number of nitrogens with zero attached hydrogens (tertiary/aromatic N) is 1. The van der Waals surface area contributed by atoms with E-state index in [2.05, 4.69) is 26.2 Å². The molecule has 2 aromatic carbocycles. The van der Waals surface area contributed by atoms with Gasteiger partial charge in [-0.1, -0.05) is 38.9 Å². The Labute approximate surface area is 156 Å². The molecule has 4 nitrogen and oxygen atoms in total. The predicted octanol–water partition coefficient (Wildman–Crippen LogP) is 5.35. The summed E-state index contributed by atoms with van der Waals surface area (Å²) in [6, 6.07) is 9.34. The predicted molar refractivity (Wildman–Crippen MR) is 102 cm³/mol. The number of hydrogen-bond donors (Lipinski definition) is 1. The van der Waals surface area contributed by atoms with Gasteiger partial charge in [-0.15, -0.1) is 0 Å². The van der Waals surface area contributed by atoms with Crippen molar-refractivity contribution in [3.63, 3.8) is 0 Å². The Morgan fingerprint density at radius 2 is 2.00 bits per heavy atom. The van der Waals surface area contributed by atoms with Crippen LogP contribution >= 0.6 is 38.9 Å². The highest BCUT2D eigenvalue weighted by atomic mass is 79.9. The monoisotopic (exact) mass is 424 g/mol. The van der Waals surface area contributed by atoms with Crippen LogP contribution in [-0.2, 0) is 4.79 Å². The molecule has 0 radical (unpaired) electrons. The van der Waals surface area contributed by atoms with E-state index in [1.807, 2.05) is 38.1 Å². The van der Waals surface area contributed by atoms with E-state index in [1.165, 1.54) is 11.3 Å². The third-order valence-electron chi connectivity index (χ3n) is 3.37. The lowest BCUT2D eigenvalue weighted by molar-refractivity contribution is -0.118. The summed E-state index contributed by atoms with van der Waals surface area (Å²) in [5.74, 6) is 0.478. The van der Waals surface area contributed by atoms with Crippen molar-refractivity contribution in [3.05, 3.63) is 51.0 Å². The van der Waals surface area contributed by atoms with E-state index in [0.717, 1.165) is 31.6 Å². The summed E-state index contributed by atoms with van der Waals surface area (Å²) in [7, 11) is 0. The Morgan fingerprint density at radius 3 is 2.71 bits per heavy atom.